The van der Waals surface area contributed by atoms with Crippen molar-refractivity contribution in [2.24, 2.45) is 5.92 Å². The van der Waals surface area contributed by atoms with Crippen molar-refractivity contribution in [3.8, 4) is 5.75 Å². The smallest absolute Gasteiger partial charge is 0.165 e. The minimum absolute atomic E-state index is 0.102. The van der Waals surface area contributed by atoms with Crippen molar-refractivity contribution < 1.29 is 13.9 Å². The number of hydrogen-bond donors (Lipinski definition) is 1. The lowest BCUT2D eigenvalue weighted by Crippen LogP contribution is -2.47. The second-order valence-corrected chi connectivity index (χ2v) is 3.97. The minimum atomic E-state index is -0.417. The maximum atomic E-state index is 13.3. The molecule has 16 heavy (non-hydrogen) atoms. The number of halogens is 1. The Morgan fingerprint density at radius 1 is 1.56 bits per heavy atom. The summed E-state index contributed by atoms with van der Waals surface area (Å²) in [7, 11) is 1.42. The molecule has 1 aliphatic rings. The molecule has 0 atom stereocenters. The molecule has 0 unspecified atom stereocenters. The summed E-state index contributed by atoms with van der Waals surface area (Å²) in [5.74, 6) is 0.0644. The lowest BCUT2D eigenvalue weighted by atomic mass is 9.93. The highest BCUT2D eigenvalue weighted by molar-refractivity contribution is 5.84. The van der Waals surface area contributed by atoms with Crippen LogP contribution < -0.4 is 10.1 Å². The highest BCUT2D eigenvalue weighted by atomic mass is 19.1. The van der Waals surface area contributed by atoms with E-state index in [0.717, 1.165) is 13.1 Å². The monoisotopic (exact) mass is 223 g/mol. The Bertz CT molecular complexity index is 402. The largest absolute Gasteiger partial charge is 0.494 e. The van der Waals surface area contributed by atoms with Gasteiger partial charge in [-0.25, -0.2) is 4.39 Å². The third-order valence-electron chi connectivity index (χ3n) is 2.83. The van der Waals surface area contributed by atoms with Gasteiger partial charge in [0, 0.05) is 25.4 Å². The molecule has 1 saturated heterocycles. The fourth-order valence-corrected chi connectivity index (χ4v) is 1.68. The van der Waals surface area contributed by atoms with Gasteiger partial charge in [-0.2, -0.15) is 0 Å². The van der Waals surface area contributed by atoms with Crippen molar-refractivity contribution in [3.63, 3.8) is 0 Å². The first kappa shape index (κ1) is 11.1. The molecule has 1 aliphatic heterocycles. The first-order valence-electron chi connectivity index (χ1n) is 5.26. The van der Waals surface area contributed by atoms with Crippen LogP contribution in [0.4, 0.5) is 4.39 Å². The molecule has 0 aromatic heterocycles. The average Bonchev–Trinajstić information content (AvgIpc) is 2.15. The van der Waals surface area contributed by atoms with Crippen LogP contribution in [0, 0.1) is 11.7 Å². The van der Waals surface area contributed by atoms with E-state index in [-0.39, 0.29) is 17.5 Å². The second-order valence-electron chi connectivity index (χ2n) is 3.97. The van der Waals surface area contributed by atoms with Gasteiger partial charge in [0.15, 0.2) is 11.6 Å². The highest BCUT2D eigenvalue weighted by Crippen LogP contribution is 2.19. The Kier molecular flexibility index (Phi) is 3.19. The number of benzene rings is 1. The van der Waals surface area contributed by atoms with Gasteiger partial charge in [0.25, 0.3) is 0 Å². The van der Waals surface area contributed by atoms with Gasteiger partial charge in [0.1, 0.15) is 5.78 Å². The number of Topliss-reactive ketones (excluding diaryl/α,β-unsaturated/α-hetero) is 1. The molecular weight excluding hydrogens is 209 g/mol. The fraction of sp³-hybridized carbons (Fsp3) is 0.417. The Morgan fingerprint density at radius 2 is 2.31 bits per heavy atom. The quantitative estimate of drug-likeness (QED) is 0.832. The SMILES string of the molecule is COc1ccc(CC(=O)C2CNC2)cc1F. The highest BCUT2D eigenvalue weighted by Gasteiger charge is 2.24. The van der Waals surface area contributed by atoms with Crippen LogP contribution in [0.2, 0.25) is 0 Å². The number of nitrogens with one attached hydrogen (secondary N) is 1. The molecule has 1 N–H and O–H groups in total. The van der Waals surface area contributed by atoms with E-state index in [1.165, 1.54) is 13.2 Å². The van der Waals surface area contributed by atoms with Gasteiger partial charge in [-0.15, -0.1) is 0 Å². The van der Waals surface area contributed by atoms with Crippen molar-refractivity contribution in [2.45, 2.75) is 6.42 Å². The van der Waals surface area contributed by atoms with Gasteiger partial charge in [-0.1, -0.05) is 6.07 Å². The van der Waals surface area contributed by atoms with Crippen LogP contribution in [0.1, 0.15) is 5.56 Å². The van der Waals surface area contributed by atoms with Crippen LogP contribution in [0.3, 0.4) is 0 Å². The minimum Gasteiger partial charge on any atom is -0.494 e. The number of rotatable bonds is 4. The topological polar surface area (TPSA) is 38.3 Å². The Hall–Kier alpha value is -1.42. The number of ether oxygens (including phenoxy) is 1. The normalized spacial score (nSPS) is 15.6. The Balaban J connectivity index is 2.03. The van der Waals surface area contributed by atoms with Gasteiger partial charge < -0.3 is 10.1 Å². The van der Waals surface area contributed by atoms with Crippen molar-refractivity contribution in [1.29, 1.82) is 0 Å². The van der Waals surface area contributed by atoms with E-state index in [2.05, 4.69) is 5.32 Å². The number of methoxy groups -OCH3 is 1. The second kappa shape index (κ2) is 4.61. The van der Waals surface area contributed by atoms with Gasteiger partial charge in [0.05, 0.1) is 7.11 Å². The molecule has 0 bridgehead atoms. The molecule has 3 nitrogen and oxygen atoms in total. The van der Waals surface area contributed by atoms with Crippen molar-refractivity contribution in [1.82, 2.24) is 5.32 Å². The molecule has 0 radical (unpaired) electrons. The zero-order chi connectivity index (χ0) is 11.5. The number of ketones is 1. The molecule has 0 amide bonds. The zero-order valence-corrected chi connectivity index (χ0v) is 9.13. The van der Waals surface area contributed by atoms with E-state index in [0.29, 0.717) is 12.0 Å². The molecule has 0 aliphatic carbocycles. The van der Waals surface area contributed by atoms with E-state index >= 15 is 0 Å². The van der Waals surface area contributed by atoms with Crippen LogP contribution in [-0.2, 0) is 11.2 Å². The fourth-order valence-electron chi connectivity index (χ4n) is 1.68. The molecule has 0 spiro atoms. The number of carbonyl (C=O) groups excluding carboxylic acids is 1. The van der Waals surface area contributed by atoms with Crippen molar-refractivity contribution in [3.05, 3.63) is 29.6 Å². The van der Waals surface area contributed by atoms with E-state index in [1.807, 2.05) is 0 Å². The predicted octanol–water partition coefficient (Wildman–Crippen LogP) is 1.17. The molecule has 86 valence electrons. The third-order valence-corrected chi connectivity index (χ3v) is 2.83. The number of hydrogen-bond acceptors (Lipinski definition) is 3. The van der Waals surface area contributed by atoms with Crippen LogP contribution in [-0.4, -0.2) is 26.0 Å². The van der Waals surface area contributed by atoms with Gasteiger partial charge >= 0.3 is 0 Å². The van der Waals surface area contributed by atoms with E-state index < -0.39 is 5.82 Å². The Labute approximate surface area is 93.6 Å². The summed E-state index contributed by atoms with van der Waals surface area (Å²) in [6, 6.07) is 4.64. The van der Waals surface area contributed by atoms with Crippen LogP contribution in [0.25, 0.3) is 0 Å². The van der Waals surface area contributed by atoms with Gasteiger partial charge in [0.2, 0.25) is 0 Å². The third kappa shape index (κ3) is 2.22. The summed E-state index contributed by atoms with van der Waals surface area (Å²) in [5.41, 5.74) is 0.704. The predicted molar refractivity (Wildman–Crippen MR) is 58.0 cm³/mol. The summed E-state index contributed by atoms with van der Waals surface area (Å²) < 4.78 is 18.2. The van der Waals surface area contributed by atoms with Crippen molar-refractivity contribution in [2.75, 3.05) is 20.2 Å². The molecule has 1 aromatic carbocycles. The summed E-state index contributed by atoms with van der Waals surface area (Å²) in [6.07, 6.45) is 0.299. The van der Waals surface area contributed by atoms with Gasteiger partial charge in [-0.05, 0) is 17.7 Å². The summed E-state index contributed by atoms with van der Waals surface area (Å²) in [5, 5.41) is 3.04. The van der Waals surface area contributed by atoms with E-state index in [9.17, 15) is 9.18 Å². The standard InChI is InChI=1S/C12H14FNO2/c1-16-12-3-2-8(4-10(12)13)5-11(15)9-6-14-7-9/h2-4,9,14H,5-7H2,1H3. The van der Waals surface area contributed by atoms with Crippen LogP contribution in [0.15, 0.2) is 18.2 Å². The lowest BCUT2D eigenvalue weighted by molar-refractivity contribution is -0.123. The van der Waals surface area contributed by atoms with Gasteiger partial charge in [-0.3, -0.25) is 4.79 Å². The zero-order valence-electron chi connectivity index (χ0n) is 9.13. The molecule has 4 heteroatoms. The first-order valence-corrected chi connectivity index (χ1v) is 5.26. The summed E-state index contributed by atoms with van der Waals surface area (Å²) in [6.45, 7) is 1.49. The van der Waals surface area contributed by atoms with Crippen LogP contribution >= 0.6 is 0 Å². The van der Waals surface area contributed by atoms with Crippen LogP contribution in [0.5, 0.6) is 5.75 Å². The molecule has 1 fully saturated rings. The van der Waals surface area contributed by atoms with E-state index in [4.69, 9.17) is 4.74 Å². The van der Waals surface area contributed by atoms with Crippen molar-refractivity contribution >= 4 is 5.78 Å². The maximum Gasteiger partial charge on any atom is 0.165 e. The molecule has 2 rings (SSSR count). The molecular formula is C12H14FNO2. The lowest BCUT2D eigenvalue weighted by Gasteiger charge is -2.25. The summed E-state index contributed by atoms with van der Waals surface area (Å²) in [4.78, 5) is 11.7. The molecule has 0 saturated carbocycles. The number of carbonyl (C=O) groups is 1. The average molecular weight is 223 g/mol. The maximum absolute atomic E-state index is 13.3. The molecule has 1 aromatic rings. The Morgan fingerprint density at radius 3 is 2.81 bits per heavy atom. The summed E-state index contributed by atoms with van der Waals surface area (Å²) >= 11 is 0. The molecule has 1 heterocycles. The first-order chi connectivity index (χ1) is 7.70. The van der Waals surface area contributed by atoms with E-state index in [1.54, 1.807) is 12.1 Å².